The number of nitrogens with zero attached hydrogens (tertiary/aromatic N) is 2. The zero-order valence-electron chi connectivity index (χ0n) is 13.0. The Morgan fingerprint density at radius 2 is 1.91 bits per heavy atom. The van der Waals surface area contributed by atoms with Crippen LogP contribution in [-0.2, 0) is 12.3 Å². The zero-order valence-corrected chi connectivity index (χ0v) is 13.8. The van der Waals surface area contributed by atoms with E-state index in [-0.39, 0.29) is 5.56 Å². The Morgan fingerprint density at radius 3 is 2.65 bits per heavy atom. The van der Waals surface area contributed by atoms with E-state index >= 15 is 0 Å². The molecule has 0 fully saturated rings. The highest BCUT2D eigenvalue weighted by molar-refractivity contribution is 7.98. The highest BCUT2D eigenvalue weighted by Gasteiger charge is 2.10. The van der Waals surface area contributed by atoms with Gasteiger partial charge in [0.1, 0.15) is 0 Å². The van der Waals surface area contributed by atoms with Crippen LogP contribution in [0.25, 0.3) is 10.9 Å². The lowest BCUT2D eigenvalue weighted by Gasteiger charge is -2.11. The first-order valence-corrected chi connectivity index (χ1v) is 8.46. The van der Waals surface area contributed by atoms with Gasteiger partial charge in [0.15, 0.2) is 5.16 Å². The van der Waals surface area contributed by atoms with Gasteiger partial charge in [-0.2, -0.15) is 0 Å². The smallest absolute Gasteiger partial charge is 0.262 e. The maximum absolute atomic E-state index is 12.7. The standard InChI is InChI=1S/C19H18N2OS/c1-3-12-21-18(22)16-6-4-5-7-17(16)20-19(21)23-13-15-10-8-14(2)9-11-15/h3-11H,1,12-13H2,2H3. The second-order valence-electron chi connectivity index (χ2n) is 5.39. The van der Waals surface area contributed by atoms with E-state index in [1.807, 2.05) is 24.3 Å². The van der Waals surface area contributed by atoms with Crippen molar-refractivity contribution in [3.05, 3.63) is 82.7 Å². The molecule has 1 aromatic heterocycles. The number of thioether (sulfide) groups is 1. The van der Waals surface area contributed by atoms with Crippen LogP contribution in [0.1, 0.15) is 11.1 Å². The number of hydrogen-bond acceptors (Lipinski definition) is 3. The Labute approximate surface area is 139 Å². The number of aromatic nitrogens is 2. The van der Waals surface area contributed by atoms with Crippen molar-refractivity contribution in [1.29, 1.82) is 0 Å². The summed E-state index contributed by atoms with van der Waals surface area (Å²) >= 11 is 1.58. The molecule has 2 aromatic carbocycles. The fourth-order valence-electron chi connectivity index (χ4n) is 2.38. The normalized spacial score (nSPS) is 10.8. The predicted molar refractivity (Wildman–Crippen MR) is 96.9 cm³/mol. The summed E-state index contributed by atoms with van der Waals surface area (Å²) in [6, 6.07) is 15.9. The van der Waals surface area contributed by atoms with Crippen molar-refractivity contribution in [3.8, 4) is 0 Å². The second-order valence-corrected chi connectivity index (χ2v) is 6.33. The molecule has 23 heavy (non-hydrogen) atoms. The van der Waals surface area contributed by atoms with Gasteiger partial charge >= 0.3 is 0 Å². The van der Waals surface area contributed by atoms with Crippen LogP contribution in [0.2, 0.25) is 0 Å². The van der Waals surface area contributed by atoms with Gasteiger partial charge in [-0.05, 0) is 24.6 Å². The minimum atomic E-state index is -0.0121. The van der Waals surface area contributed by atoms with Gasteiger partial charge in [-0.3, -0.25) is 9.36 Å². The number of rotatable bonds is 5. The minimum absolute atomic E-state index is 0.0121. The molecule has 0 bridgehead atoms. The first-order chi connectivity index (χ1) is 11.2. The highest BCUT2D eigenvalue weighted by Crippen LogP contribution is 2.22. The molecule has 0 aliphatic heterocycles. The third kappa shape index (κ3) is 3.37. The van der Waals surface area contributed by atoms with E-state index in [9.17, 15) is 4.79 Å². The molecule has 0 radical (unpaired) electrons. The quantitative estimate of drug-likeness (QED) is 0.401. The van der Waals surface area contributed by atoms with E-state index in [1.54, 1.807) is 22.4 Å². The Kier molecular flexibility index (Phi) is 4.63. The summed E-state index contributed by atoms with van der Waals surface area (Å²) in [6.45, 7) is 6.29. The van der Waals surface area contributed by atoms with Gasteiger partial charge < -0.3 is 0 Å². The summed E-state index contributed by atoms with van der Waals surface area (Å²) in [4.78, 5) is 17.3. The molecule has 0 N–H and O–H groups in total. The number of allylic oxidation sites excluding steroid dienone is 1. The average molecular weight is 322 g/mol. The molecule has 3 rings (SSSR count). The van der Waals surface area contributed by atoms with E-state index in [0.717, 1.165) is 16.4 Å². The lowest BCUT2D eigenvalue weighted by molar-refractivity contribution is 0.671. The number of hydrogen-bond donors (Lipinski definition) is 0. The van der Waals surface area contributed by atoms with Gasteiger partial charge in [-0.1, -0.05) is 59.8 Å². The van der Waals surface area contributed by atoms with Crippen LogP contribution in [0.3, 0.4) is 0 Å². The Balaban J connectivity index is 1.98. The molecule has 1 heterocycles. The zero-order chi connectivity index (χ0) is 16.2. The Hall–Kier alpha value is -2.33. The molecule has 0 unspecified atom stereocenters. The summed E-state index contributed by atoms with van der Waals surface area (Å²) in [5.74, 6) is 0.780. The van der Waals surface area contributed by atoms with Crippen molar-refractivity contribution >= 4 is 22.7 Å². The van der Waals surface area contributed by atoms with Gasteiger partial charge in [0.25, 0.3) is 5.56 Å². The van der Waals surface area contributed by atoms with E-state index < -0.39 is 0 Å². The largest absolute Gasteiger partial charge is 0.283 e. The Bertz CT molecular complexity index is 897. The van der Waals surface area contributed by atoms with Gasteiger partial charge in [-0.25, -0.2) is 4.98 Å². The van der Waals surface area contributed by atoms with E-state index in [4.69, 9.17) is 0 Å². The minimum Gasteiger partial charge on any atom is -0.283 e. The molecular formula is C19H18N2OS. The molecule has 3 nitrogen and oxygen atoms in total. The SMILES string of the molecule is C=CCn1c(SCc2ccc(C)cc2)nc2ccccc2c1=O. The number of benzene rings is 2. The van der Waals surface area contributed by atoms with Crippen molar-refractivity contribution in [2.75, 3.05) is 0 Å². The molecule has 0 saturated carbocycles. The molecule has 0 saturated heterocycles. The predicted octanol–water partition coefficient (Wildman–Crippen LogP) is 4.18. The summed E-state index contributed by atoms with van der Waals surface area (Å²) in [5, 5.41) is 1.38. The van der Waals surface area contributed by atoms with Crippen molar-refractivity contribution in [1.82, 2.24) is 9.55 Å². The molecular weight excluding hydrogens is 304 g/mol. The van der Waals surface area contributed by atoms with Crippen molar-refractivity contribution < 1.29 is 0 Å². The molecule has 0 atom stereocenters. The maximum atomic E-state index is 12.7. The van der Waals surface area contributed by atoms with Crippen LogP contribution in [0.15, 0.2) is 71.1 Å². The van der Waals surface area contributed by atoms with Gasteiger partial charge in [0.2, 0.25) is 0 Å². The van der Waals surface area contributed by atoms with Crippen LogP contribution in [0.5, 0.6) is 0 Å². The first kappa shape index (κ1) is 15.6. The van der Waals surface area contributed by atoms with Gasteiger partial charge in [-0.15, -0.1) is 6.58 Å². The number of para-hydroxylation sites is 1. The molecule has 116 valence electrons. The lowest BCUT2D eigenvalue weighted by Crippen LogP contribution is -2.22. The third-order valence-corrected chi connectivity index (χ3v) is 4.67. The molecule has 3 aromatic rings. The fourth-order valence-corrected chi connectivity index (χ4v) is 3.34. The lowest BCUT2D eigenvalue weighted by atomic mass is 10.2. The van der Waals surface area contributed by atoms with E-state index in [2.05, 4.69) is 42.8 Å². The van der Waals surface area contributed by atoms with Crippen LogP contribution in [0, 0.1) is 6.92 Å². The fraction of sp³-hybridized carbons (Fsp3) is 0.158. The molecule has 0 aliphatic carbocycles. The molecule has 0 amide bonds. The monoisotopic (exact) mass is 322 g/mol. The summed E-state index contributed by atoms with van der Waals surface area (Å²) < 4.78 is 1.69. The summed E-state index contributed by atoms with van der Waals surface area (Å²) in [7, 11) is 0. The van der Waals surface area contributed by atoms with Gasteiger partial charge in [0.05, 0.1) is 10.9 Å². The van der Waals surface area contributed by atoms with Gasteiger partial charge in [0, 0.05) is 12.3 Å². The van der Waals surface area contributed by atoms with Crippen molar-refractivity contribution in [2.24, 2.45) is 0 Å². The van der Waals surface area contributed by atoms with Crippen LogP contribution >= 0.6 is 11.8 Å². The van der Waals surface area contributed by atoms with E-state index in [1.165, 1.54) is 11.1 Å². The number of aryl methyl sites for hydroxylation is 1. The maximum Gasteiger partial charge on any atom is 0.262 e. The average Bonchev–Trinajstić information content (AvgIpc) is 2.57. The first-order valence-electron chi connectivity index (χ1n) is 7.48. The molecule has 0 aliphatic rings. The van der Waals surface area contributed by atoms with Crippen LogP contribution in [-0.4, -0.2) is 9.55 Å². The third-order valence-electron chi connectivity index (χ3n) is 3.63. The summed E-state index contributed by atoms with van der Waals surface area (Å²) in [5.41, 5.74) is 3.19. The van der Waals surface area contributed by atoms with Crippen molar-refractivity contribution in [3.63, 3.8) is 0 Å². The highest BCUT2D eigenvalue weighted by atomic mass is 32.2. The van der Waals surface area contributed by atoms with Crippen LogP contribution in [0.4, 0.5) is 0 Å². The summed E-state index contributed by atoms with van der Waals surface area (Å²) in [6.07, 6.45) is 1.73. The van der Waals surface area contributed by atoms with Crippen LogP contribution < -0.4 is 5.56 Å². The van der Waals surface area contributed by atoms with E-state index in [0.29, 0.717) is 11.9 Å². The topological polar surface area (TPSA) is 34.9 Å². The number of fused-ring (bicyclic) bond motifs is 1. The second kappa shape index (κ2) is 6.84. The molecule has 4 heteroatoms. The molecule has 0 spiro atoms. The Morgan fingerprint density at radius 1 is 1.17 bits per heavy atom. The van der Waals surface area contributed by atoms with Crippen molar-refractivity contribution in [2.45, 2.75) is 24.4 Å².